The third-order valence-electron chi connectivity index (χ3n) is 6.27. The molecule has 0 spiro atoms. The number of piperidine rings is 1. The number of fused-ring (bicyclic) bond motifs is 3. The third-order valence-corrected chi connectivity index (χ3v) is 7.96. The fourth-order valence-electron chi connectivity index (χ4n) is 4.64. The molecule has 0 unspecified atom stereocenters. The molecule has 3 aromatic rings. The number of benzene rings is 2. The molecule has 34 heavy (non-hydrogen) atoms. The molecule has 0 aliphatic carbocycles. The molecule has 176 valence electrons. The predicted molar refractivity (Wildman–Crippen MR) is 126 cm³/mol. The summed E-state index contributed by atoms with van der Waals surface area (Å²) >= 11 is 0. The van der Waals surface area contributed by atoms with E-state index in [0.717, 1.165) is 32.4 Å². The van der Waals surface area contributed by atoms with E-state index in [9.17, 15) is 18.0 Å². The highest BCUT2D eigenvalue weighted by Gasteiger charge is 2.36. The van der Waals surface area contributed by atoms with Crippen LogP contribution in [0.1, 0.15) is 52.6 Å². The van der Waals surface area contributed by atoms with Crippen LogP contribution in [0.5, 0.6) is 0 Å². The zero-order valence-electron chi connectivity index (χ0n) is 18.9. The molecule has 0 bridgehead atoms. The molecule has 2 aliphatic heterocycles. The SMILES string of the molecule is CCOC(=O)c1nn(-c2ccc(C(=O)N3CCCCC3)cc2)c2c1CS(=O)(=O)c1ccccc1-2. The van der Waals surface area contributed by atoms with Gasteiger partial charge in [-0.1, -0.05) is 18.2 Å². The number of esters is 1. The summed E-state index contributed by atoms with van der Waals surface area (Å²) in [5, 5.41) is 4.49. The number of sulfone groups is 1. The Morgan fingerprint density at radius 3 is 2.41 bits per heavy atom. The quantitative estimate of drug-likeness (QED) is 0.530. The molecule has 1 aromatic heterocycles. The van der Waals surface area contributed by atoms with E-state index in [1.807, 2.05) is 4.90 Å². The second kappa shape index (κ2) is 8.72. The zero-order valence-corrected chi connectivity index (χ0v) is 19.7. The van der Waals surface area contributed by atoms with E-state index in [2.05, 4.69) is 5.10 Å². The summed E-state index contributed by atoms with van der Waals surface area (Å²) < 4.78 is 32.6. The van der Waals surface area contributed by atoms with Gasteiger partial charge in [-0.25, -0.2) is 17.9 Å². The van der Waals surface area contributed by atoms with Crippen molar-refractivity contribution < 1.29 is 22.7 Å². The first kappa shape index (κ1) is 22.3. The lowest BCUT2D eigenvalue weighted by Crippen LogP contribution is -2.35. The van der Waals surface area contributed by atoms with Gasteiger partial charge in [0.25, 0.3) is 5.91 Å². The van der Waals surface area contributed by atoms with Crippen molar-refractivity contribution in [1.29, 1.82) is 0 Å². The van der Waals surface area contributed by atoms with E-state index in [1.54, 1.807) is 60.1 Å². The van der Waals surface area contributed by atoms with Crippen LogP contribution in [0, 0.1) is 0 Å². The first-order chi connectivity index (χ1) is 16.4. The minimum absolute atomic E-state index is 0.00241. The van der Waals surface area contributed by atoms with Crippen molar-refractivity contribution in [2.24, 2.45) is 0 Å². The van der Waals surface area contributed by atoms with Gasteiger partial charge in [-0.3, -0.25) is 4.79 Å². The Balaban J connectivity index is 1.61. The number of rotatable bonds is 4. The lowest BCUT2D eigenvalue weighted by Gasteiger charge is -2.26. The molecule has 8 nitrogen and oxygen atoms in total. The van der Waals surface area contributed by atoms with E-state index in [-0.39, 0.29) is 28.9 Å². The molecular formula is C25H25N3O5S. The maximum absolute atomic E-state index is 13.0. The molecule has 2 aromatic carbocycles. The van der Waals surface area contributed by atoms with E-state index < -0.39 is 15.8 Å². The van der Waals surface area contributed by atoms with Gasteiger partial charge in [0.2, 0.25) is 0 Å². The van der Waals surface area contributed by atoms with Crippen LogP contribution in [-0.2, 0) is 20.3 Å². The Bertz CT molecular complexity index is 1370. The molecule has 1 fully saturated rings. The van der Waals surface area contributed by atoms with Crippen molar-refractivity contribution in [3.05, 3.63) is 65.4 Å². The number of aromatic nitrogens is 2. The van der Waals surface area contributed by atoms with E-state index in [0.29, 0.717) is 28.1 Å². The van der Waals surface area contributed by atoms with Crippen LogP contribution in [0.25, 0.3) is 16.9 Å². The van der Waals surface area contributed by atoms with Crippen LogP contribution in [0.15, 0.2) is 53.4 Å². The van der Waals surface area contributed by atoms with Gasteiger partial charge < -0.3 is 9.64 Å². The minimum atomic E-state index is -3.64. The van der Waals surface area contributed by atoms with Gasteiger partial charge in [0.05, 0.1) is 28.6 Å². The van der Waals surface area contributed by atoms with Crippen LogP contribution < -0.4 is 0 Å². The highest BCUT2D eigenvalue weighted by molar-refractivity contribution is 7.90. The Labute approximate surface area is 198 Å². The molecule has 3 heterocycles. The summed E-state index contributed by atoms with van der Waals surface area (Å²) in [5.74, 6) is -1.000. The first-order valence-electron chi connectivity index (χ1n) is 11.4. The number of carbonyl (C=O) groups is 2. The first-order valence-corrected chi connectivity index (χ1v) is 13.1. The fraction of sp³-hybridized carbons (Fsp3) is 0.320. The topological polar surface area (TPSA) is 98.6 Å². The molecule has 0 atom stereocenters. The van der Waals surface area contributed by atoms with Crippen LogP contribution in [0.3, 0.4) is 0 Å². The number of likely N-dealkylation sites (tertiary alicyclic amines) is 1. The average Bonchev–Trinajstić information content (AvgIpc) is 3.23. The normalized spacial score (nSPS) is 16.4. The number of hydrogen-bond acceptors (Lipinski definition) is 6. The Morgan fingerprint density at radius 1 is 1.00 bits per heavy atom. The number of nitrogens with zero attached hydrogens (tertiary/aromatic N) is 3. The average molecular weight is 480 g/mol. The molecule has 1 saturated heterocycles. The number of amides is 1. The van der Waals surface area contributed by atoms with Crippen molar-refractivity contribution in [1.82, 2.24) is 14.7 Å². The van der Waals surface area contributed by atoms with Crippen LogP contribution in [0.2, 0.25) is 0 Å². The Morgan fingerprint density at radius 2 is 1.71 bits per heavy atom. The lowest BCUT2D eigenvalue weighted by atomic mass is 10.1. The van der Waals surface area contributed by atoms with Gasteiger partial charge in [-0.05, 0) is 56.5 Å². The molecule has 2 aliphatic rings. The zero-order chi connectivity index (χ0) is 23.9. The van der Waals surface area contributed by atoms with E-state index >= 15 is 0 Å². The number of hydrogen-bond donors (Lipinski definition) is 0. The summed E-state index contributed by atoms with van der Waals surface area (Å²) in [6.07, 6.45) is 3.18. The van der Waals surface area contributed by atoms with Gasteiger partial charge in [-0.15, -0.1) is 0 Å². The van der Waals surface area contributed by atoms with Crippen molar-refractivity contribution in [3.8, 4) is 16.9 Å². The highest BCUT2D eigenvalue weighted by atomic mass is 32.2. The maximum atomic E-state index is 13.0. The van der Waals surface area contributed by atoms with Gasteiger partial charge in [0.1, 0.15) is 0 Å². The predicted octanol–water partition coefficient (Wildman–Crippen LogP) is 3.63. The second-order valence-electron chi connectivity index (χ2n) is 8.46. The monoisotopic (exact) mass is 479 g/mol. The number of carbonyl (C=O) groups excluding carboxylic acids is 2. The Kier molecular flexibility index (Phi) is 5.73. The van der Waals surface area contributed by atoms with Gasteiger partial charge >= 0.3 is 5.97 Å². The summed E-state index contributed by atoms with van der Waals surface area (Å²) in [6, 6.07) is 13.7. The van der Waals surface area contributed by atoms with Crippen molar-refractivity contribution in [2.45, 2.75) is 36.8 Å². The molecule has 0 saturated carbocycles. The molecule has 9 heteroatoms. The summed E-state index contributed by atoms with van der Waals surface area (Å²) in [6.45, 7) is 3.37. The van der Waals surface area contributed by atoms with Crippen LogP contribution in [0.4, 0.5) is 0 Å². The summed E-state index contributed by atoms with van der Waals surface area (Å²) in [7, 11) is -3.64. The van der Waals surface area contributed by atoms with Crippen LogP contribution >= 0.6 is 0 Å². The Hall–Kier alpha value is -3.46. The van der Waals surface area contributed by atoms with Gasteiger partial charge in [-0.2, -0.15) is 5.10 Å². The van der Waals surface area contributed by atoms with E-state index in [1.165, 1.54) is 0 Å². The number of ether oxygens (including phenoxy) is 1. The third kappa shape index (κ3) is 3.79. The minimum Gasteiger partial charge on any atom is -0.461 e. The van der Waals surface area contributed by atoms with Gasteiger partial charge in [0, 0.05) is 29.8 Å². The standard InChI is InChI=1S/C25H25N3O5S/c1-2-33-25(30)22-20-16-34(31,32)21-9-5-4-8-19(21)23(20)28(26-22)18-12-10-17(11-13-18)24(29)27-14-6-3-7-15-27/h4-5,8-13H,2-3,6-7,14-16H2,1H3. The van der Waals surface area contributed by atoms with Crippen LogP contribution in [-0.4, -0.2) is 54.7 Å². The fourth-order valence-corrected chi connectivity index (χ4v) is 6.23. The molecule has 0 N–H and O–H groups in total. The molecule has 0 radical (unpaired) electrons. The highest BCUT2D eigenvalue weighted by Crippen LogP contribution is 2.40. The second-order valence-corrected chi connectivity index (χ2v) is 10.4. The van der Waals surface area contributed by atoms with Crippen molar-refractivity contribution in [2.75, 3.05) is 19.7 Å². The lowest BCUT2D eigenvalue weighted by molar-refractivity contribution is 0.0517. The molecule has 1 amide bonds. The molecule has 5 rings (SSSR count). The summed E-state index contributed by atoms with van der Waals surface area (Å²) in [5.41, 5.74) is 2.55. The largest absolute Gasteiger partial charge is 0.461 e. The summed E-state index contributed by atoms with van der Waals surface area (Å²) in [4.78, 5) is 27.6. The smallest absolute Gasteiger partial charge is 0.359 e. The van der Waals surface area contributed by atoms with Crippen molar-refractivity contribution >= 4 is 21.7 Å². The maximum Gasteiger partial charge on any atom is 0.359 e. The molecular weight excluding hydrogens is 454 g/mol. The van der Waals surface area contributed by atoms with E-state index in [4.69, 9.17) is 4.74 Å². The van der Waals surface area contributed by atoms with Gasteiger partial charge in [0.15, 0.2) is 15.5 Å². The van der Waals surface area contributed by atoms with Crippen molar-refractivity contribution in [3.63, 3.8) is 0 Å².